The van der Waals surface area contributed by atoms with Crippen molar-refractivity contribution in [2.75, 3.05) is 6.61 Å². The third kappa shape index (κ3) is 11.5. The second-order valence-corrected chi connectivity index (χ2v) is 28.0. The van der Waals surface area contributed by atoms with Gasteiger partial charge < -0.3 is 56.7 Å². The summed E-state index contributed by atoms with van der Waals surface area (Å²) < 4.78 is 62.4. The summed E-state index contributed by atoms with van der Waals surface area (Å²) in [5.74, 6) is 0. The number of benzene rings is 4. The van der Waals surface area contributed by atoms with Crippen molar-refractivity contribution in [3.8, 4) is 0 Å². The Bertz CT molecular complexity index is 2010. The second-order valence-electron chi connectivity index (χ2n) is 19.2. The van der Waals surface area contributed by atoms with Gasteiger partial charge in [0.05, 0.1) is 33.0 Å². The normalized spacial score (nSPS) is 29.8. The third-order valence-corrected chi connectivity index (χ3v) is 23.6. The van der Waals surface area contributed by atoms with E-state index >= 15 is 0 Å². The Labute approximate surface area is 393 Å². The standard InChI is InChI=1S/C52H72O12Si2/c1-34(2)65(35(3)4)62-48-44(54)43(53)47(45(55)49(48)63-66(64-65,36(5)6)37(7)8)61-52-51(59-32-41-27-19-12-20-28-41)50(58-31-40-25-17-11-18-26-40)46(57-30-39-23-15-10-16-24-39)42(60-52)33-56-29-38-21-13-9-14-22-38/h9-28,34-37,42-55H,29-33H2,1-8H3/t42-,43-,44+,45-,46-,47+,48+,49+,50+,51+,52-/m1/s1. The molecule has 0 amide bonds. The Balaban J connectivity index is 1.27. The van der Waals surface area contributed by atoms with Crippen molar-refractivity contribution in [1.29, 1.82) is 0 Å². The lowest BCUT2D eigenvalue weighted by atomic mass is 9.84. The second kappa shape index (κ2) is 23.0. The van der Waals surface area contributed by atoms with Crippen LogP contribution >= 0.6 is 0 Å². The van der Waals surface area contributed by atoms with Crippen LogP contribution in [0.1, 0.15) is 77.6 Å². The maximum atomic E-state index is 12.7. The molecule has 0 bridgehead atoms. The van der Waals surface area contributed by atoms with Crippen molar-refractivity contribution in [3.05, 3.63) is 144 Å². The van der Waals surface area contributed by atoms with Crippen LogP contribution in [0, 0.1) is 0 Å². The first-order chi connectivity index (χ1) is 31.7. The van der Waals surface area contributed by atoms with E-state index in [9.17, 15) is 15.3 Å². The molecule has 2 aliphatic heterocycles. The van der Waals surface area contributed by atoms with Gasteiger partial charge in [-0.05, 0) is 44.4 Å². The summed E-state index contributed by atoms with van der Waals surface area (Å²) in [6.45, 7) is 17.7. The molecule has 2 heterocycles. The maximum absolute atomic E-state index is 12.7. The van der Waals surface area contributed by atoms with Crippen LogP contribution < -0.4 is 0 Å². The van der Waals surface area contributed by atoms with Gasteiger partial charge in [-0.15, -0.1) is 0 Å². The van der Waals surface area contributed by atoms with Crippen LogP contribution in [0.15, 0.2) is 121 Å². The fourth-order valence-corrected chi connectivity index (χ4v) is 21.0. The maximum Gasteiger partial charge on any atom is 0.335 e. The van der Waals surface area contributed by atoms with E-state index in [1.54, 1.807) is 0 Å². The Morgan fingerprint density at radius 3 is 1.26 bits per heavy atom. The minimum Gasteiger partial charge on any atom is -0.414 e. The SMILES string of the molecule is CC(C)[Si]1(C(C)C)O[C@H]2[C@H](O)[C@@H](O[C@H]3O[C@H](COCc4ccccc4)[C@@H](OCc4ccccc4)[C@H](OCc4ccccc4)[C@@H]3OCc3ccccc3)[C@H](O)[C@H](O)[C@@H]2O[Si](C(C)C)(C(C)C)O1. The Hall–Kier alpha value is -3.17. The van der Waals surface area contributed by atoms with Crippen molar-refractivity contribution in [2.45, 2.75) is 171 Å². The molecule has 7 rings (SSSR count). The lowest BCUT2D eigenvalue weighted by molar-refractivity contribution is -0.355. The molecule has 3 N–H and O–H groups in total. The molecule has 14 heteroatoms. The van der Waals surface area contributed by atoms with E-state index in [2.05, 4.69) is 55.4 Å². The van der Waals surface area contributed by atoms with E-state index in [-0.39, 0.29) is 48.6 Å². The molecule has 12 nitrogen and oxygen atoms in total. The number of aliphatic hydroxyl groups excluding tert-OH is 3. The molecule has 2 saturated heterocycles. The van der Waals surface area contributed by atoms with Gasteiger partial charge in [-0.2, -0.15) is 0 Å². The number of fused-ring (bicyclic) bond motifs is 1. The largest absolute Gasteiger partial charge is 0.414 e. The molecule has 4 aromatic carbocycles. The predicted molar refractivity (Wildman–Crippen MR) is 255 cm³/mol. The number of hydrogen-bond donors (Lipinski definition) is 3. The van der Waals surface area contributed by atoms with Crippen molar-refractivity contribution in [3.63, 3.8) is 0 Å². The molecule has 1 saturated carbocycles. The summed E-state index contributed by atoms with van der Waals surface area (Å²) in [6, 6.07) is 39.4. The molecule has 3 fully saturated rings. The topological polar surface area (TPSA) is 144 Å². The van der Waals surface area contributed by atoms with Crippen LogP contribution in [-0.4, -0.2) is 106 Å². The van der Waals surface area contributed by atoms with Gasteiger partial charge in [0.25, 0.3) is 0 Å². The van der Waals surface area contributed by atoms with E-state index in [0.29, 0.717) is 6.61 Å². The molecule has 0 unspecified atom stereocenters. The van der Waals surface area contributed by atoms with Gasteiger partial charge in [0.1, 0.15) is 61.0 Å². The highest BCUT2D eigenvalue weighted by Crippen LogP contribution is 2.50. The summed E-state index contributed by atoms with van der Waals surface area (Å²) in [7, 11) is -6.42. The average Bonchev–Trinajstić information content (AvgIpc) is 3.50. The number of rotatable bonds is 19. The van der Waals surface area contributed by atoms with Crippen LogP contribution in [0.4, 0.5) is 0 Å². The third-order valence-electron chi connectivity index (χ3n) is 13.3. The summed E-state index contributed by atoms with van der Waals surface area (Å²) in [4.78, 5) is 0. The monoisotopic (exact) mass is 944 g/mol. The minimum absolute atomic E-state index is 0.0243. The van der Waals surface area contributed by atoms with Crippen molar-refractivity contribution in [1.82, 2.24) is 0 Å². The van der Waals surface area contributed by atoms with E-state index in [1.807, 2.05) is 121 Å². The summed E-state index contributed by atoms with van der Waals surface area (Å²) in [5, 5.41) is 37.1. The molecule has 11 atom stereocenters. The average molecular weight is 945 g/mol. The molecular weight excluding hydrogens is 873 g/mol. The van der Waals surface area contributed by atoms with Crippen LogP contribution in [0.5, 0.6) is 0 Å². The first-order valence-corrected chi connectivity index (χ1v) is 27.7. The molecule has 3 aliphatic rings. The molecular formula is C52H72O12Si2. The summed E-state index contributed by atoms with van der Waals surface area (Å²) in [6.07, 6.45) is -12.8. The molecule has 0 spiro atoms. The quantitative estimate of drug-likeness (QED) is 0.0776. The molecule has 66 heavy (non-hydrogen) atoms. The Kier molecular flexibility index (Phi) is 17.6. The fourth-order valence-electron chi connectivity index (χ4n) is 9.68. The highest BCUT2D eigenvalue weighted by Gasteiger charge is 2.66. The zero-order chi connectivity index (χ0) is 47.0. The first-order valence-electron chi connectivity index (χ1n) is 23.7. The lowest BCUT2D eigenvalue weighted by Gasteiger charge is -2.50. The van der Waals surface area contributed by atoms with Gasteiger partial charge in [-0.3, -0.25) is 0 Å². The van der Waals surface area contributed by atoms with E-state index in [4.69, 9.17) is 41.4 Å². The van der Waals surface area contributed by atoms with Crippen LogP contribution in [0.25, 0.3) is 0 Å². The molecule has 1 aliphatic carbocycles. The summed E-state index contributed by atoms with van der Waals surface area (Å²) in [5.41, 5.74) is 3.66. The predicted octanol–water partition coefficient (Wildman–Crippen LogP) is 8.49. The number of aliphatic hydroxyl groups is 3. The zero-order valence-electron chi connectivity index (χ0n) is 39.8. The molecule has 4 aromatic rings. The van der Waals surface area contributed by atoms with Crippen molar-refractivity contribution >= 4 is 17.1 Å². The van der Waals surface area contributed by atoms with Gasteiger partial charge >= 0.3 is 17.1 Å². The van der Waals surface area contributed by atoms with Crippen molar-refractivity contribution in [2.24, 2.45) is 0 Å². The minimum atomic E-state index is -3.23. The lowest BCUT2D eigenvalue weighted by Crippen LogP contribution is -2.69. The fraction of sp³-hybridized carbons (Fsp3) is 0.538. The van der Waals surface area contributed by atoms with E-state index < -0.39 is 84.5 Å². The highest BCUT2D eigenvalue weighted by molar-refractivity contribution is 6.84. The Morgan fingerprint density at radius 2 is 0.833 bits per heavy atom. The molecule has 0 radical (unpaired) electrons. The number of hydrogen-bond acceptors (Lipinski definition) is 12. The van der Waals surface area contributed by atoms with Crippen LogP contribution in [0.3, 0.4) is 0 Å². The van der Waals surface area contributed by atoms with E-state index in [0.717, 1.165) is 22.3 Å². The smallest absolute Gasteiger partial charge is 0.335 e. The van der Waals surface area contributed by atoms with Crippen molar-refractivity contribution < 1.29 is 56.7 Å². The van der Waals surface area contributed by atoms with Gasteiger partial charge in [0.15, 0.2) is 6.29 Å². The zero-order valence-corrected chi connectivity index (χ0v) is 41.8. The first kappa shape index (κ1) is 50.7. The molecule has 360 valence electrons. The summed E-state index contributed by atoms with van der Waals surface area (Å²) >= 11 is 0. The highest BCUT2D eigenvalue weighted by atomic mass is 28.5. The van der Waals surface area contributed by atoms with Gasteiger partial charge in [0.2, 0.25) is 0 Å². The van der Waals surface area contributed by atoms with Crippen LogP contribution in [-0.2, 0) is 67.8 Å². The molecule has 0 aromatic heterocycles. The number of ether oxygens (including phenoxy) is 6. The van der Waals surface area contributed by atoms with Gasteiger partial charge in [-0.1, -0.05) is 177 Å². The van der Waals surface area contributed by atoms with Crippen LogP contribution in [0.2, 0.25) is 22.2 Å². The van der Waals surface area contributed by atoms with E-state index in [1.165, 1.54) is 0 Å². The van der Waals surface area contributed by atoms with Gasteiger partial charge in [0, 0.05) is 0 Å². The van der Waals surface area contributed by atoms with Gasteiger partial charge in [-0.25, -0.2) is 0 Å². The Morgan fingerprint density at radius 1 is 0.455 bits per heavy atom.